The van der Waals surface area contributed by atoms with E-state index >= 15 is 0 Å². The Kier molecular flexibility index (Phi) is 7.93. The van der Waals surface area contributed by atoms with Crippen LogP contribution in [0.4, 0.5) is 0 Å². The number of carboxylic acid groups (broad SMARTS) is 1. The third-order valence-corrected chi connectivity index (χ3v) is 6.70. The number of carboxylic acids is 1. The number of aromatic nitrogens is 2. The minimum absolute atomic E-state index is 0.105. The molecule has 0 radical (unpaired) electrons. The summed E-state index contributed by atoms with van der Waals surface area (Å²) in [7, 11) is 0. The van der Waals surface area contributed by atoms with E-state index in [1.165, 1.54) is 0 Å². The second-order valence-corrected chi connectivity index (χ2v) is 9.70. The maximum absolute atomic E-state index is 13.1. The van der Waals surface area contributed by atoms with Crippen LogP contribution in [0.5, 0.6) is 0 Å². The molecule has 0 saturated carbocycles. The van der Waals surface area contributed by atoms with E-state index in [1.807, 2.05) is 54.7 Å². The largest absolute Gasteiger partial charge is 0.480 e. The second kappa shape index (κ2) is 11.3. The summed E-state index contributed by atoms with van der Waals surface area (Å²) in [5.41, 5.74) is 9.93. The molecule has 0 unspecified atom stereocenters. The summed E-state index contributed by atoms with van der Waals surface area (Å²) < 4.78 is 0. The van der Waals surface area contributed by atoms with Gasteiger partial charge < -0.3 is 31.4 Å². The Morgan fingerprint density at radius 1 is 0.865 bits per heavy atom. The van der Waals surface area contributed by atoms with Crippen molar-refractivity contribution < 1.29 is 19.5 Å². The molecule has 0 spiro atoms. The summed E-state index contributed by atoms with van der Waals surface area (Å²) >= 11 is 0. The first kappa shape index (κ1) is 26.0. The number of aliphatic carboxylic acids is 1. The fourth-order valence-electron chi connectivity index (χ4n) is 4.56. The lowest BCUT2D eigenvalue weighted by Gasteiger charge is -2.25. The average Bonchev–Trinajstić information content (AvgIpc) is 3.49. The minimum Gasteiger partial charge on any atom is -0.480 e. The predicted molar refractivity (Wildman–Crippen MR) is 143 cm³/mol. The molecule has 2 amide bonds. The van der Waals surface area contributed by atoms with Crippen LogP contribution in [0.15, 0.2) is 60.9 Å². The van der Waals surface area contributed by atoms with Crippen molar-refractivity contribution in [2.24, 2.45) is 11.7 Å². The third-order valence-electron chi connectivity index (χ3n) is 6.70. The molecule has 9 nitrogen and oxygen atoms in total. The maximum atomic E-state index is 13.1. The van der Waals surface area contributed by atoms with Gasteiger partial charge >= 0.3 is 5.97 Å². The molecule has 2 heterocycles. The fraction of sp³-hybridized carbons (Fsp3) is 0.321. The van der Waals surface area contributed by atoms with Crippen LogP contribution in [-0.2, 0) is 27.2 Å². The van der Waals surface area contributed by atoms with Crippen molar-refractivity contribution in [2.45, 2.75) is 51.2 Å². The third kappa shape index (κ3) is 6.00. The van der Waals surface area contributed by atoms with Crippen molar-refractivity contribution in [2.75, 3.05) is 0 Å². The van der Waals surface area contributed by atoms with Crippen molar-refractivity contribution in [3.8, 4) is 0 Å². The molecule has 4 rings (SSSR count). The van der Waals surface area contributed by atoms with Gasteiger partial charge in [-0.2, -0.15) is 0 Å². The number of amides is 2. The number of nitrogens with two attached hydrogens (primary N) is 1. The lowest BCUT2D eigenvalue weighted by atomic mass is 10.00. The van der Waals surface area contributed by atoms with Crippen LogP contribution in [0.2, 0.25) is 0 Å². The zero-order chi connectivity index (χ0) is 26.5. The Bertz CT molecular complexity index is 1410. The zero-order valence-electron chi connectivity index (χ0n) is 21.0. The number of hydrogen-bond donors (Lipinski definition) is 6. The number of fused-ring (bicyclic) bond motifs is 2. The quantitative estimate of drug-likeness (QED) is 0.186. The van der Waals surface area contributed by atoms with E-state index in [-0.39, 0.29) is 12.3 Å². The number of rotatable bonds is 11. The van der Waals surface area contributed by atoms with Gasteiger partial charge in [-0.05, 0) is 42.0 Å². The molecule has 2 aromatic carbocycles. The van der Waals surface area contributed by atoms with E-state index in [2.05, 4.69) is 20.6 Å². The van der Waals surface area contributed by atoms with Crippen LogP contribution in [0.25, 0.3) is 21.8 Å². The van der Waals surface area contributed by atoms with E-state index in [0.717, 1.165) is 32.9 Å². The van der Waals surface area contributed by atoms with E-state index in [1.54, 1.807) is 20.0 Å². The minimum atomic E-state index is -1.15. The number of nitrogens with one attached hydrogen (secondary N) is 4. The molecule has 0 aliphatic heterocycles. The van der Waals surface area contributed by atoms with Gasteiger partial charge in [-0.25, -0.2) is 4.79 Å². The van der Waals surface area contributed by atoms with Crippen LogP contribution in [0.1, 0.15) is 31.4 Å². The molecule has 7 N–H and O–H groups in total. The highest BCUT2D eigenvalue weighted by atomic mass is 16.4. The number of aromatic amines is 2. The van der Waals surface area contributed by atoms with Gasteiger partial charge in [0.25, 0.3) is 0 Å². The molecule has 0 bridgehead atoms. The average molecular weight is 504 g/mol. The van der Waals surface area contributed by atoms with E-state index < -0.39 is 35.9 Å². The first-order valence-electron chi connectivity index (χ1n) is 12.4. The second-order valence-electron chi connectivity index (χ2n) is 9.70. The molecule has 0 aliphatic rings. The van der Waals surface area contributed by atoms with E-state index in [4.69, 9.17) is 5.73 Å². The Morgan fingerprint density at radius 2 is 1.43 bits per heavy atom. The van der Waals surface area contributed by atoms with Crippen molar-refractivity contribution in [3.63, 3.8) is 0 Å². The topological polar surface area (TPSA) is 153 Å². The van der Waals surface area contributed by atoms with Crippen LogP contribution in [-0.4, -0.2) is 51.0 Å². The molecule has 0 saturated heterocycles. The molecule has 194 valence electrons. The van der Waals surface area contributed by atoms with Crippen LogP contribution < -0.4 is 16.4 Å². The van der Waals surface area contributed by atoms with Gasteiger partial charge in [0.15, 0.2) is 0 Å². The van der Waals surface area contributed by atoms with Crippen molar-refractivity contribution in [1.82, 2.24) is 20.6 Å². The van der Waals surface area contributed by atoms with Crippen molar-refractivity contribution in [3.05, 3.63) is 72.1 Å². The van der Waals surface area contributed by atoms with Gasteiger partial charge in [0.1, 0.15) is 12.1 Å². The molecule has 3 atom stereocenters. The summed E-state index contributed by atoms with van der Waals surface area (Å²) in [5, 5.41) is 17.1. The number of para-hydroxylation sites is 2. The summed E-state index contributed by atoms with van der Waals surface area (Å²) in [4.78, 5) is 44.3. The number of hydrogen-bond acceptors (Lipinski definition) is 4. The maximum Gasteiger partial charge on any atom is 0.326 e. The van der Waals surface area contributed by atoms with Gasteiger partial charge in [0, 0.05) is 40.6 Å². The van der Waals surface area contributed by atoms with Gasteiger partial charge in [-0.15, -0.1) is 0 Å². The van der Waals surface area contributed by atoms with Crippen molar-refractivity contribution >= 4 is 39.6 Å². The Labute approximate surface area is 214 Å². The molecule has 4 aromatic rings. The number of benzene rings is 2. The van der Waals surface area contributed by atoms with Gasteiger partial charge in [-0.1, -0.05) is 50.2 Å². The number of carbonyl (C=O) groups is 3. The molecule has 9 heteroatoms. The zero-order valence-corrected chi connectivity index (χ0v) is 21.0. The molecule has 2 aromatic heterocycles. The highest BCUT2D eigenvalue weighted by Gasteiger charge is 2.30. The standard InChI is InChI=1S/C28H33N5O4/c1-16(2)25(33-26(34)21(29)12-11-17-14-30-22-9-5-3-7-19(17)22)27(35)32-24(28(36)37)13-18-15-31-23-10-6-4-8-20(18)23/h3-10,14-16,21,24-25,30-31H,11-13,29H2,1-2H3,(H,32,35)(H,33,34)(H,36,37)/t21-,24-,25-/m0/s1. The summed E-state index contributed by atoms with van der Waals surface area (Å²) in [5.74, 6) is -2.42. The Hall–Kier alpha value is -4.11. The molecular weight excluding hydrogens is 470 g/mol. The smallest absolute Gasteiger partial charge is 0.326 e. The first-order chi connectivity index (χ1) is 17.7. The monoisotopic (exact) mass is 503 g/mol. The first-order valence-corrected chi connectivity index (χ1v) is 12.4. The number of aryl methyl sites for hydroxylation is 1. The summed E-state index contributed by atoms with van der Waals surface area (Å²) in [6, 6.07) is 12.6. The SMILES string of the molecule is CC(C)[C@H](NC(=O)[C@@H](N)CCc1c[nH]c2ccccc12)C(=O)N[C@@H](Cc1c[nH]c2ccccc12)C(=O)O. The molecule has 0 aliphatic carbocycles. The van der Waals surface area contributed by atoms with Crippen LogP contribution in [0.3, 0.4) is 0 Å². The molecule has 0 fully saturated rings. The highest BCUT2D eigenvalue weighted by molar-refractivity contribution is 5.92. The molecule has 37 heavy (non-hydrogen) atoms. The van der Waals surface area contributed by atoms with Crippen LogP contribution >= 0.6 is 0 Å². The fourth-order valence-corrected chi connectivity index (χ4v) is 4.56. The Morgan fingerprint density at radius 3 is 2.03 bits per heavy atom. The predicted octanol–water partition coefficient (Wildman–Crippen LogP) is 2.86. The highest BCUT2D eigenvalue weighted by Crippen LogP contribution is 2.20. The van der Waals surface area contributed by atoms with E-state index in [0.29, 0.717) is 12.8 Å². The number of H-pyrrole nitrogens is 2. The lowest BCUT2D eigenvalue weighted by Crippen LogP contribution is -2.56. The summed E-state index contributed by atoms with van der Waals surface area (Å²) in [6.45, 7) is 3.58. The van der Waals surface area contributed by atoms with E-state index in [9.17, 15) is 19.5 Å². The van der Waals surface area contributed by atoms with Gasteiger partial charge in [-0.3, -0.25) is 9.59 Å². The number of carbonyl (C=O) groups excluding carboxylic acids is 2. The Balaban J connectivity index is 1.37. The molecular formula is C28H33N5O4. The van der Waals surface area contributed by atoms with Gasteiger partial charge in [0.2, 0.25) is 11.8 Å². The van der Waals surface area contributed by atoms with Gasteiger partial charge in [0.05, 0.1) is 6.04 Å². The summed E-state index contributed by atoms with van der Waals surface area (Å²) in [6.07, 6.45) is 4.77. The van der Waals surface area contributed by atoms with Crippen molar-refractivity contribution in [1.29, 1.82) is 0 Å². The van der Waals surface area contributed by atoms with Crippen LogP contribution in [0, 0.1) is 5.92 Å². The normalized spacial score (nSPS) is 13.9. The lowest BCUT2D eigenvalue weighted by molar-refractivity contribution is -0.142.